The number of carboxylic acids is 1. The Bertz CT molecular complexity index is 1120. The Balaban J connectivity index is 1.94. The second-order valence-electron chi connectivity index (χ2n) is 8.50. The normalized spacial score (nSPS) is 20.3. The van der Waals surface area contributed by atoms with E-state index in [2.05, 4.69) is 0 Å². The molecule has 8 nitrogen and oxygen atoms in total. The molecule has 0 saturated carbocycles. The van der Waals surface area contributed by atoms with E-state index in [1.54, 1.807) is 17.7 Å². The van der Waals surface area contributed by atoms with Crippen LogP contribution in [0.2, 0.25) is 0 Å². The average Bonchev–Trinajstić information content (AvgIpc) is 3.08. The number of aromatic carboxylic acids is 1. The van der Waals surface area contributed by atoms with Crippen LogP contribution < -0.4 is 14.9 Å². The van der Waals surface area contributed by atoms with Gasteiger partial charge in [-0.1, -0.05) is 0 Å². The quantitative estimate of drug-likeness (QED) is 0.651. The molecular formula is C23H26FNO7. The molecule has 0 amide bonds. The lowest BCUT2D eigenvalue weighted by molar-refractivity contribution is 0.0143. The second kappa shape index (κ2) is 8.22. The van der Waals surface area contributed by atoms with E-state index in [1.807, 2.05) is 19.9 Å². The summed E-state index contributed by atoms with van der Waals surface area (Å²) < 4.78 is 39.4. The summed E-state index contributed by atoms with van der Waals surface area (Å²) in [5.74, 6) is -1.88. The maximum atomic E-state index is 15.4. The largest absolute Gasteiger partial charge is 0.493 e. The number of hydrogen-bond donors (Lipinski definition) is 1. The zero-order valence-electron chi connectivity index (χ0n) is 18.4. The van der Waals surface area contributed by atoms with Crippen molar-refractivity contribution in [2.75, 3.05) is 34.0 Å². The number of rotatable bonds is 7. The van der Waals surface area contributed by atoms with Gasteiger partial charge in [0.15, 0.2) is 17.3 Å². The first-order valence-electron chi connectivity index (χ1n) is 10.4. The van der Waals surface area contributed by atoms with Gasteiger partial charge in [0, 0.05) is 37.8 Å². The molecule has 172 valence electrons. The van der Waals surface area contributed by atoms with E-state index in [4.69, 9.17) is 18.9 Å². The first-order chi connectivity index (χ1) is 15.2. The van der Waals surface area contributed by atoms with E-state index in [9.17, 15) is 14.7 Å². The van der Waals surface area contributed by atoms with Gasteiger partial charge in [-0.15, -0.1) is 0 Å². The number of ether oxygens (including phenoxy) is 4. The highest BCUT2D eigenvalue weighted by Crippen LogP contribution is 2.54. The lowest BCUT2D eigenvalue weighted by Gasteiger charge is -2.38. The SMILES string of the molecule is COCCCOc1cc2c(cc1OC)-c1c(F)c(=O)c(C(=O)O)cn1C1C2COC1(C)C. The molecule has 0 bridgehead atoms. The third kappa shape index (κ3) is 3.45. The number of pyridine rings is 1. The lowest BCUT2D eigenvalue weighted by atomic mass is 9.79. The monoisotopic (exact) mass is 447 g/mol. The number of nitrogens with zero attached hydrogens (tertiary/aromatic N) is 1. The van der Waals surface area contributed by atoms with Crippen molar-refractivity contribution >= 4 is 5.97 Å². The van der Waals surface area contributed by atoms with E-state index in [0.29, 0.717) is 43.3 Å². The second-order valence-corrected chi connectivity index (χ2v) is 8.50. The van der Waals surface area contributed by atoms with Gasteiger partial charge in [0.2, 0.25) is 5.43 Å². The minimum atomic E-state index is -1.47. The molecule has 1 N–H and O–H groups in total. The summed E-state index contributed by atoms with van der Waals surface area (Å²) in [4.78, 5) is 24.1. The molecule has 1 aromatic carbocycles. The molecule has 2 aromatic rings. The van der Waals surface area contributed by atoms with Crippen molar-refractivity contribution in [3.8, 4) is 22.8 Å². The molecule has 1 aromatic heterocycles. The number of fused-ring (bicyclic) bond motifs is 6. The Morgan fingerprint density at radius 1 is 1.28 bits per heavy atom. The molecule has 2 aliphatic rings. The Morgan fingerprint density at radius 2 is 2.03 bits per heavy atom. The van der Waals surface area contributed by atoms with Crippen LogP contribution in [0.5, 0.6) is 11.5 Å². The fourth-order valence-electron chi connectivity index (χ4n) is 4.73. The van der Waals surface area contributed by atoms with Crippen LogP contribution in [0.1, 0.15) is 48.1 Å². The van der Waals surface area contributed by atoms with Gasteiger partial charge in [0.05, 0.1) is 37.7 Å². The molecule has 0 spiro atoms. The van der Waals surface area contributed by atoms with Crippen LogP contribution in [0.15, 0.2) is 23.1 Å². The van der Waals surface area contributed by atoms with Crippen LogP contribution in [0, 0.1) is 5.82 Å². The summed E-state index contributed by atoms with van der Waals surface area (Å²) in [5, 5.41) is 9.44. The molecule has 0 radical (unpaired) electrons. The summed E-state index contributed by atoms with van der Waals surface area (Å²) in [6.07, 6.45) is 1.91. The van der Waals surface area contributed by atoms with Crippen molar-refractivity contribution in [3.05, 3.63) is 45.5 Å². The highest BCUT2D eigenvalue weighted by molar-refractivity contribution is 5.88. The van der Waals surface area contributed by atoms with Gasteiger partial charge in [0.1, 0.15) is 5.56 Å². The number of halogens is 1. The minimum absolute atomic E-state index is 0.0269. The topological polar surface area (TPSA) is 96.2 Å². The predicted octanol–water partition coefficient (Wildman–Crippen LogP) is 3.22. The van der Waals surface area contributed by atoms with Crippen LogP contribution in [0.3, 0.4) is 0 Å². The zero-order chi connectivity index (χ0) is 23.2. The maximum absolute atomic E-state index is 15.4. The molecule has 9 heteroatoms. The number of carboxylic acid groups (broad SMARTS) is 1. The van der Waals surface area contributed by atoms with Gasteiger partial charge in [-0.25, -0.2) is 9.18 Å². The van der Waals surface area contributed by atoms with Crippen molar-refractivity contribution in [2.45, 2.75) is 37.8 Å². The van der Waals surface area contributed by atoms with Crippen LogP contribution in [0.4, 0.5) is 4.39 Å². The first kappa shape index (κ1) is 22.3. The smallest absolute Gasteiger partial charge is 0.341 e. The molecule has 2 atom stereocenters. The van der Waals surface area contributed by atoms with Crippen molar-refractivity contribution in [3.63, 3.8) is 0 Å². The Kier molecular flexibility index (Phi) is 5.72. The van der Waals surface area contributed by atoms with Crippen molar-refractivity contribution in [2.24, 2.45) is 0 Å². The van der Waals surface area contributed by atoms with Gasteiger partial charge < -0.3 is 28.6 Å². The van der Waals surface area contributed by atoms with Crippen molar-refractivity contribution in [1.29, 1.82) is 0 Å². The molecule has 4 rings (SSSR count). The van der Waals surface area contributed by atoms with E-state index in [0.717, 1.165) is 5.56 Å². The van der Waals surface area contributed by atoms with Crippen molar-refractivity contribution in [1.82, 2.24) is 4.57 Å². The third-order valence-corrected chi connectivity index (χ3v) is 6.18. The zero-order valence-corrected chi connectivity index (χ0v) is 18.4. The first-order valence-corrected chi connectivity index (χ1v) is 10.4. The minimum Gasteiger partial charge on any atom is -0.493 e. The van der Waals surface area contributed by atoms with Crippen LogP contribution in [-0.2, 0) is 9.47 Å². The Hall–Kier alpha value is -2.91. The van der Waals surface area contributed by atoms with Crippen LogP contribution in [-0.4, -0.2) is 55.3 Å². The highest BCUT2D eigenvalue weighted by atomic mass is 19.1. The molecule has 2 aliphatic heterocycles. The molecule has 32 heavy (non-hydrogen) atoms. The predicted molar refractivity (Wildman–Crippen MR) is 113 cm³/mol. The van der Waals surface area contributed by atoms with E-state index in [-0.39, 0.29) is 11.6 Å². The van der Waals surface area contributed by atoms with Crippen molar-refractivity contribution < 1.29 is 33.2 Å². The van der Waals surface area contributed by atoms with Gasteiger partial charge in [-0.05, 0) is 31.5 Å². The van der Waals surface area contributed by atoms with E-state index < -0.39 is 34.4 Å². The fraction of sp³-hybridized carbons (Fsp3) is 0.478. The summed E-state index contributed by atoms with van der Waals surface area (Å²) in [6.45, 7) is 5.05. The number of methoxy groups -OCH3 is 2. The van der Waals surface area contributed by atoms with E-state index in [1.165, 1.54) is 13.3 Å². The standard InChI is InChI=1S/C23H26FNO7/c1-23(2)21-15(11-32-23)12-8-17(31-7-5-6-29-3)16(30-4)9-13(12)19-18(24)20(26)14(22(27)28)10-25(19)21/h8-10,15,21H,5-7,11H2,1-4H3,(H,27,28). The summed E-state index contributed by atoms with van der Waals surface area (Å²) in [7, 11) is 3.10. The highest BCUT2D eigenvalue weighted by Gasteiger charge is 2.50. The number of aromatic nitrogens is 1. The number of hydrogen-bond acceptors (Lipinski definition) is 6. The fourth-order valence-corrected chi connectivity index (χ4v) is 4.73. The van der Waals surface area contributed by atoms with Crippen LogP contribution >= 0.6 is 0 Å². The third-order valence-electron chi connectivity index (χ3n) is 6.18. The van der Waals surface area contributed by atoms with Crippen LogP contribution in [0.25, 0.3) is 11.3 Å². The average molecular weight is 447 g/mol. The molecule has 3 heterocycles. The molecule has 1 saturated heterocycles. The Morgan fingerprint density at radius 3 is 2.69 bits per heavy atom. The number of carbonyl (C=O) groups is 1. The van der Waals surface area contributed by atoms with Gasteiger partial charge in [-0.3, -0.25) is 4.79 Å². The van der Waals surface area contributed by atoms with Gasteiger partial charge in [0.25, 0.3) is 0 Å². The van der Waals surface area contributed by atoms with Gasteiger partial charge >= 0.3 is 5.97 Å². The van der Waals surface area contributed by atoms with Gasteiger partial charge in [-0.2, -0.15) is 0 Å². The lowest BCUT2D eigenvalue weighted by Crippen LogP contribution is -2.37. The molecular weight excluding hydrogens is 421 g/mol. The molecule has 1 fully saturated rings. The Labute approximate surface area is 184 Å². The maximum Gasteiger partial charge on any atom is 0.341 e. The van der Waals surface area contributed by atoms with E-state index >= 15 is 4.39 Å². The summed E-state index contributed by atoms with van der Waals surface area (Å²) >= 11 is 0. The summed E-state index contributed by atoms with van der Waals surface area (Å²) in [6, 6.07) is 3.03. The molecule has 0 aliphatic carbocycles. The summed E-state index contributed by atoms with van der Waals surface area (Å²) in [5.41, 5.74) is -1.22. The molecule has 2 unspecified atom stereocenters. The number of benzene rings is 1.